The van der Waals surface area contributed by atoms with Gasteiger partial charge in [0.2, 0.25) is 4.96 Å². The normalized spacial score (nSPS) is 11.3. The van der Waals surface area contributed by atoms with Crippen LogP contribution < -0.4 is 0 Å². The van der Waals surface area contributed by atoms with E-state index < -0.39 is 0 Å². The van der Waals surface area contributed by atoms with Gasteiger partial charge in [0, 0.05) is 0 Å². The Balaban J connectivity index is 1.84. The van der Waals surface area contributed by atoms with Crippen molar-refractivity contribution in [1.82, 2.24) is 29.6 Å². The number of rotatable bonds is 2. The minimum absolute atomic E-state index is 0.792. The largest absolute Gasteiger partial charge is 0.237 e. The van der Waals surface area contributed by atoms with Gasteiger partial charge in [-0.2, -0.15) is 14.7 Å². The van der Waals surface area contributed by atoms with E-state index in [4.69, 9.17) is 0 Å². The van der Waals surface area contributed by atoms with E-state index in [0.717, 1.165) is 32.7 Å². The Hall–Kier alpha value is -2.54. The Kier molecular flexibility index (Phi) is 2.61. The highest BCUT2D eigenvalue weighted by Gasteiger charge is 2.16. The quantitative estimate of drug-likeness (QED) is 0.570. The van der Waals surface area contributed by atoms with Crippen LogP contribution in [0.3, 0.4) is 0 Å². The fraction of sp³-hybridized carbons (Fsp3) is 0.143. The van der Waals surface area contributed by atoms with Gasteiger partial charge < -0.3 is 0 Å². The van der Waals surface area contributed by atoms with Crippen LogP contribution >= 0.6 is 11.3 Å². The number of fused-ring (bicyclic) bond motifs is 1. The van der Waals surface area contributed by atoms with Crippen LogP contribution in [0.4, 0.5) is 0 Å². The molecule has 0 unspecified atom stereocenters. The first-order valence-corrected chi connectivity index (χ1v) is 7.35. The van der Waals surface area contributed by atoms with Crippen LogP contribution in [0.2, 0.25) is 0 Å². The zero-order valence-electron chi connectivity index (χ0n) is 11.6. The van der Waals surface area contributed by atoms with Gasteiger partial charge in [0.05, 0.1) is 23.1 Å². The second kappa shape index (κ2) is 4.49. The van der Waals surface area contributed by atoms with Crippen molar-refractivity contribution in [1.29, 1.82) is 0 Å². The number of nitrogens with zero attached hydrogens (tertiary/aromatic N) is 6. The molecule has 0 spiro atoms. The van der Waals surface area contributed by atoms with Crippen molar-refractivity contribution < 1.29 is 0 Å². The standard InChI is InChI=1S/C14H12N6S/c1-9-12(8-15-19(9)11-6-4-3-5-7-11)13-18-20-10(2)16-17-14(20)21-13/h3-8H,1-2H3. The summed E-state index contributed by atoms with van der Waals surface area (Å²) < 4.78 is 3.68. The fourth-order valence-electron chi connectivity index (χ4n) is 2.27. The summed E-state index contributed by atoms with van der Waals surface area (Å²) in [6.07, 6.45) is 1.85. The van der Waals surface area contributed by atoms with Crippen molar-refractivity contribution in [3.63, 3.8) is 0 Å². The molecule has 0 saturated heterocycles. The minimum Gasteiger partial charge on any atom is -0.237 e. The highest BCUT2D eigenvalue weighted by Crippen LogP contribution is 2.28. The molecule has 0 aliphatic carbocycles. The third-order valence-electron chi connectivity index (χ3n) is 3.39. The maximum atomic E-state index is 4.57. The molecular formula is C14H12N6S. The molecule has 7 heteroatoms. The maximum Gasteiger partial charge on any atom is 0.234 e. The van der Waals surface area contributed by atoms with Crippen molar-refractivity contribution in [3.05, 3.63) is 48.0 Å². The zero-order valence-corrected chi connectivity index (χ0v) is 12.4. The number of aryl methyl sites for hydroxylation is 1. The monoisotopic (exact) mass is 296 g/mol. The van der Waals surface area contributed by atoms with Gasteiger partial charge in [-0.05, 0) is 26.0 Å². The van der Waals surface area contributed by atoms with E-state index in [1.807, 2.05) is 55.1 Å². The average molecular weight is 296 g/mol. The van der Waals surface area contributed by atoms with Crippen LogP contribution in [0.5, 0.6) is 0 Å². The van der Waals surface area contributed by atoms with E-state index in [9.17, 15) is 0 Å². The van der Waals surface area contributed by atoms with Gasteiger partial charge >= 0.3 is 0 Å². The predicted molar refractivity (Wildman–Crippen MR) is 80.7 cm³/mol. The third-order valence-corrected chi connectivity index (χ3v) is 4.32. The molecule has 0 atom stereocenters. The van der Waals surface area contributed by atoms with E-state index in [-0.39, 0.29) is 0 Å². The van der Waals surface area contributed by atoms with Gasteiger partial charge in [0.25, 0.3) is 0 Å². The first-order valence-electron chi connectivity index (χ1n) is 6.53. The summed E-state index contributed by atoms with van der Waals surface area (Å²) in [5, 5.41) is 18.1. The number of para-hydroxylation sites is 1. The Bertz CT molecular complexity index is 918. The van der Waals surface area contributed by atoms with Crippen molar-refractivity contribution in [3.8, 4) is 16.3 Å². The lowest BCUT2D eigenvalue weighted by atomic mass is 10.2. The van der Waals surface area contributed by atoms with Gasteiger partial charge in [-0.25, -0.2) is 4.68 Å². The number of aromatic nitrogens is 6. The Morgan fingerprint density at radius 2 is 1.86 bits per heavy atom. The predicted octanol–water partition coefficient (Wildman–Crippen LogP) is 2.66. The molecule has 3 aromatic heterocycles. The van der Waals surface area contributed by atoms with E-state index in [0.29, 0.717) is 0 Å². The van der Waals surface area contributed by atoms with E-state index in [2.05, 4.69) is 20.4 Å². The summed E-state index contributed by atoms with van der Waals surface area (Å²) in [4.78, 5) is 0.800. The highest BCUT2D eigenvalue weighted by molar-refractivity contribution is 7.19. The van der Waals surface area contributed by atoms with Crippen molar-refractivity contribution in [2.24, 2.45) is 0 Å². The fourth-order valence-corrected chi connectivity index (χ4v) is 3.22. The average Bonchev–Trinajstić information content (AvgIpc) is 3.16. The molecule has 0 aliphatic heterocycles. The van der Waals surface area contributed by atoms with Crippen LogP contribution in [0.25, 0.3) is 21.2 Å². The van der Waals surface area contributed by atoms with Crippen LogP contribution in [0.15, 0.2) is 36.5 Å². The summed E-state index contributed by atoms with van der Waals surface area (Å²) in [6.45, 7) is 3.94. The Morgan fingerprint density at radius 3 is 2.62 bits per heavy atom. The molecule has 3 heterocycles. The topological polar surface area (TPSA) is 60.9 Å². The first kappa shape index (κ1) is 12.2. The molecule has 0 aliphatic rings. The van der Waals surface area contributed by atoms with E-state index in [1.165, 1.54) is 11.3 Å². The molecule has 1 aromatic carbocycles. The van der Waals surface area contributed by atoms with E-state index >= 15 is 0 Å². The SMILES string of the molecule is Cc1c(-c2nn3c(C)nnc3s2)cnn1-c1ccccc1. The molecule has 0 saturated carbocycles. The second-order valence-corrected chi connectivity index (χ2v) is 5.70. The smallest absolute Gasteiger partial charge is 0.234 e. The summed E-state index contributed by atoms with van der Waals surface area (Å²) in [5.41, 5.74) is 3.12. The molecule has 0 radical (unpaired) electrons. The van der Waals surface area contributed by atoms with Gasteiger partial charge in [0.1, 0.15) is 0 Å². The number of hydrogen-bond donors (Lipinski definition) is 0. The molecule has 6 nitrogen and oxygen atoms in total. The third kappa shape index (κ3) is 1.85. The molecule has 0 N–H and O–H groups in total. The van der Waals surface area contributed by atoms with Gasteiger partial charge in [-0.3, -0.25) is 0 Å². The van der Waals surface area contributed by atoms with Gasteiger partial charge in [0.15, 0.2) is 10.8 Å². The lowest BCUT2D eigenvalue weighted by molar-refractivity contribution is 0.847. The van der Waals surface area contributed by atoms with E-state index in [1.54, 1.807) is 4.52 Å². The minimum atomic E-state index is 0.792. The molecule has 21 heavy (non-hydrogen) atoms. The van der Waals surface area contributed by atoms with Crippen LogP contribution in [0.1, 0.15) is 11.5 Å². The highest BCUT2D eigenvalue weighted by atomic mass is 32.1. The zero-order chi connectivity index (χ0) is 14.4. The number of hydrogen-bond acceptors (Lipinski definition) is 5. The Morgan fingerprint density at radius 1 is 1.05 bits per heavy atom. The summed E-state index contributed by atoms with van der Waals surface area (Å²) in [7, 11) is 0. The molecule has 0 amide bonds. The summed E-state index contributed by atoms with van der Waals surface area (Å²) in [6, 6.07) is 10.1. The summed E-state index contributed by atoms with van der Waals surface area (Å²) in [5.74, 6) is 0.792. The molecule has 0 bridgehead atoms. The van der Waals surface area contributed by atoms with Gasteiger partial charge in [-0.1, -0.05) is 29.5 Å². The number of benzene rings is 1. The molecular weight excluding hydrogens is 284 g/mol. The van der Waals surface area contributed by atoms with Crippen molar-refractivity contribution in [2.45, 2.75) is 13.8 Å². The lowest BCUT2D eigenvalue weighted by Gasteiger charge is -2.03. The second-order valence-electron chi connectivity index (χ2n) is 4.74. The van der Waals surface area contributed by atoms with Gasteiger partial charge in [-0.15, -0.1) is 10.2 Å². The first-order chi connectivity index (χ1) is 10.2. The van der Waals surface area contributed by atoms with Crippen LogP contribution in [0, 0.1) is 13.8 Å². The molecule has 104 valence electrons. The summed E-state index contributed by atoms with van der Waals surface area (Å²) >= 11 is 1.52. The van der Waals surface area contributed by atoms with Crippen molar-refractivity contribution in [2.75, 3.05) is 0 Å². The van der Waals surface area contributed by atoms with Crippen molar-refractivity contribution >= 4 is 16.3 Å². The molecule has 0 fully saturated rings. The molecule has 4 aromatic rings. The van der Waals surface area contributed by atoms with Crippen LogP contribution in [-0.4, -0.2) is 29.6 Å². The maximum absolute atomic E-state index is 4.57. The molecule has 4 rings (SSSR count). The van der Waals surface area contributed by atoms with Crippen LogP contribution in [-0.2, 0) is 0 Å². The Labute approximate surface area is 124 Å². The lowest BCUT2D eigenvalue weighted by Crippen LogP contribution is -1.98.